The van der Waals surface area contributed by atoms with E-state index in [4.69, 9.17) is 4.74 Å². The van der Waals surface area contributed by atoms with Crippen molar-refractivity contribution in [2.24, 2.45) is 0 Å². The Morgan fingerprint density at radius 1 is 1.36 bits per heavy atom. The second kappa shape index (κ2) is 7.58. The maximum atomic E-state index is 12.5. The highest BCUT2D eigenvalue weighted by molar-refractivity contribution is 5.96. The van der Waals surface area contributed by atoms with Crippen molar-refractivity contribution in [1.29, 1.82) is 0 Å². The van der Waals surface area contributed by atoms with E-state index in [9.17, 15) is 4.79 Å². The van der Waals surface area contributed by atoms with Crippen LogP contribution in [0.1, 0.15) is 49.4 Å². The molecule has 122 valence electrons. The number of hydrogen-bond donors (Lipinski definition) is 1. The molecule has 5 heteroatoms. The lowest BCUT2D eigenvalue weighted by molar-refractivity contribution is 0.0796. The van der Waals surface area contributed by atoms with Gasteiger partial charge in [0.2, 0.25) is 5.88 Å². The van der Waals surface area contributed by atoms with E-state index in [2.05, 4.69) is 29.3 Å². The molecule has 0 aliphatic heterocycles. The molecule has 1 heterocycles. The Hall–Kier alpha value is -1.62. The van der Waals surface area contributed by atoms with Gasteiger partial charge in [-0.05, 0) is 46.0 Å². The Balaban J connectivity index is 2.05. The highest BCUT2D eigenvalue weighted by Gasteiger charge is 2.34. The van der Waals surface area contributed by atoms with Gasteiger partial charge in [-0.25, -0.2) is 4.98 Å². The van der Waals surface area contributed by atoms with Gasteiger partial charge in [-0.15, -0.1) is 0 Å². The molecule has 1 fully saturated rings. The zero-order chi connectivity index (χ0) is 16.0. The van der Waals surface area contributed by atoms with Crippen molar-refractivity contribution >= 4 is 5.91 Å². The number of nitrogens with zero attached hydrogens (tertiary/aromatic N) is 2. The van der Waals surface area contributed by atoms with Crippen molar-refractivity contribution in [2.45, 2.75) is 44.6 Å². The molecule has 0 atom stereocenters. The number of amides is 1. The molecule has 22 heavy (non-hydrogen) atoms. The van der Waals surface area contributed by atoms with Gasteiger partial charge in [0, 0.05) is 18.3 Å². The highest BCUT2D eigenvalue weighted by atomic mass is 16.5. The number of carbonyl (C=O) groups is 1. The minimum absolute atomic E-state index is 0.0713. The Bertz CT molecular complexity index is 496. The summed E-state index contributed by atoms with van der Waals surface area (Å²) in [6.45, 7) is 3.05. The van der Waals surface area contributed by atoms with Gasteiger partial charge in [0.25, 0.3) is 5.91 Å². The van der Waals surface area contributed by atoms with E-state index in [1.54, 1.807) is 18.3 Å². The Kier molecular flexibility index (Phi) is 5.77. The van der Waals surface area contributed by atoms with Gasteiger partial charge in [0.15, 0.2) is 0 Å². The van der Waals surface area contributed by atoms with Crippen LogP contribution in [0.15, 0.2) is 18.3 Å². The normalized spacial score (nSPS) is 17.3. The van der Waals surface area contributed by atoms with Crippen LogP contribution in [0.3, 0.4) is 0 Å². The van der Waals surface area contributed by atoms with Gasteiger partial charge < -0.3 is 15.0 Å². The third-order valence-electron chi connectivity index (χ3n) is 4.61. The van der Waals surface area contributed by atoms with Gasteiger partial charge in [-0.1, -0.05) is 19.3 Å². The number of aromatic nitrogens is 1. The molecule has 1 aromatic rings. The van der Waals surface area contributed by atoms with Crippen molar-refractivity contribution < 1.29 is 9.53 Å². The summed E-state index contributed by atoms with van der Waals surface area (Å²) in [4.78, 5) is 18.9. The fraction of sp³-hybridized carbons (Fsp3) is 0.647. The number of carbonyl (C=O) groups excluding carboxylic acids is 1. The molecule has 1 amide bonds. The Morgan fingerprint density at radius 2 is 2.09 bits per heavy atom. The minimum atomic E-state index is -0.108. The quantitative estimate of drug-likeness (QED) is 0.877. The molecule has 1 aliphatic rings. The summed E-state index contributed by atoms with van der Waals surface area (Å²) in [5.41, 5.74) is 0.580. The predicted molar refractivity (Wildman–Crippen MR) is 87.2 cm³/mol. The van der Waals surface area contributed by atoms with Gasteiger partial charge in [-0.3, -0.25) is 4.79 Å². The SMILES string of the molecule is CCOc1ncccc1C(=O)NCC1(N(C)C)CCCCC1. The van der Waals surface area contributed by atoms with Crippen molar-refractivity contribution in [3.63, 3.8) is 0 Å². The zero-order valence-corrected chi connectivity index (χ0v) is 13.9. The van der Waals surface area contributed by atoms with Crippen molar-refractivity contribution in [2.75, 3.05) is 27.2 Å². The number of pyridine rings is 1. The summed E-state index contributed by atoms with van der Waals surface area (Å²) in [6, 6.07) is 3.52. The largest absolute Gasteiger partial charge is 0.477 e. The van der Waals surface area contributed by atoms with Crippen LogP contribution in [0, 0.1) is 0 Å². The molecule has 0 bridgehead atoms. The molecule has 0 spiro atoms. The summed E-state index contributed by atoms with van der Waals surface area (Å²) < 4.78 is 5.44. The molecule has 1 aliphatic carbocycles. The van der Waals surface area contributed by atoms with Crippen LogP contribution in [-0.2, 0) is 0 Å². The van der Waals surface area contributed by atoms with Crippen LogP contribution in [0.5, 0.6) is 5.88 Å². The van der Waals surface area contributed by atoms with Crippen LogP contribution < -0.4 is 10.1 Å². The fourth-order valence-electron chi connectivity index (χ4n) is 3.15. The average Bonchev–Trinajstić information content (AvgIpc) is 2.54. The predicted octanol–water partition coefficient (Wildman–Crippen LogP) is 2.47. The monoisotopic (exact) mass is 305 g/mol. The highest BCUT2D eigenvalue weighted by Crippen LogP contribution is 2.31. The lowest BCUT2D eigenvalue weighted by atomic mass is 9.80. The Labute approximate surface area is 133 Å². The lowest BCUT2D eigenvalue weighted by Gasteiger charge is -2.43. The first-order valence-corrected chi connectivity index (χ1v) is 8.12. The molecule has 1 N–H and O–H groups in total. The molecule has 1 aromatic heterocycles. The van der Waals surface area contributed by atoms with Crippen LogP contribution in [0.2, 0.25) is 0 Å². The number of rotatable bonds is 6. The number of likely N-dealkylation sites (N-methyl/N-ethyl adjacent to an activating group) is 1. The summed E-state index contributed by atoms with van der Waals surface area (Å²) in [7, 11) is 4.21. The number of hydrogen-bond acceptors (Lipinski definition) is 4. The lowest BCUT2D eigenvalue weighted by Crippen LogP contribution is -2.53. The van der Waals surface area contributed by atoms with Crippen molar-refractivity contribution in [3.05, 3.63) is 23.9 Å². The third kappa shape index (κ3) is 3.77. The van der Waals surface area contributed by atoms with Crippen LogP contribution in [-0.4, -0.2) is 48.6 Å². The third-order valence-corrected chi connectivity index (χ3v) is 4.61. The number of nitrogens with one attached hydrogen (secondary N) is 1. The number of ether oxygens (including phenoxy) is 1. The van der Waals surface area contributed by atoms with Crippen molar-refractivity contribution in [3.8, 4) is 5.88 Å². The maximum absolute atomic E-state index is 12.5. The first-order chi connectivity index (χ1) is 10.6. The van der Waals surface area contributed by atoms with Gasteiger partial charge in [-0.2, -0.15) is 0 Å². The molecule has 2 rings (SSSR count). The van der Waals surface area contributed by atoms with Gasteiger partial charge >= 0.3 is 0 Å². The average molecular weight is 305 g/mol. The summed E-state index contributed by atoms with van der Waals surface area (Å²) >= 11 is 0. The van der Waals surface area contributed by atoms with E-state index >= 15 is 0 Å². The van der Waals surface area contributed by atoms with Crippen LogP contribution >= 0.6 is 0 Å². The molecule has 0 saturated heterocycles. The van der Waals surface area contributed by atoms with E-state index in [1.165, 1.54) is 19.3 Å². The smallest absolute Gasteiger partial charge is 0.256 e. The Morgan fingerprint density at radius 3 is 2.73 bits per heavy atom. The summed E-state index contributed by atoms with van der Waals surface area (Å²) in [5.74, 6) is 0.299. The standard InChI is InChI=1S/C17H27N3O2/c1-4-22-16-14(9-8-12-18-16)15(21)19-13-17(20(2)3)10-6-5-7-11-17/h8-9,12H,4-7,10-11,13H2,1-3H3,(H,19,21). The maximum Gasteiger partial charge on any atom is 0.256 e. The topological polar surface area (TPSA) is 54.5 Å². The summed E-state index contributed by atoms with van der Waals surface area (Å²) in [5, 5.41) is 3.09. The van der Waals surface area contributed by atoms with E-state index in [1.807, 2.05) is 6.92 Å². The molecular formula is C17H27N3O2. The van der Waals surface area contributed by atoms with Gasteiger partial charge in [0.1, 0.15) is 5.56 Å². The molecule has 1 saturated carbocycles. The summed E-state index contributed by atoms with van der Waals surface area (Å²) in [6.07, 6.45) is 7.65. The van der Waals surface area contributed by atoms with Gasteiger partial charge in [0.05, 0.1) is 6.61 Å². The van der Waals surface area contributed by atoms with E-state index in [0.717, 1.165) is 12.8 Å². The van der Waals surface area contributed by atoms with E-state index in [0.29, 0.717) is 24.6 Å². The molecule has 0 unspecified atom stereocenters. The van der Waals surface area contributed by atoms with Crippen LogP contribution in [0.25, 0.3) is 0 Å². The zero-order valence-electron chi connectivity index (χ0n) is 13.9. The molecule has 0 radical (unpaired) electrons. The fourth-order valence-corrected chi connectivity index (χ4v) is 3.15. The second-order valence-electron chi connectivity index (χ2n) is 6.15. The van der Waals surface area contributed by atoms with E-state index in [-0.39, 0.29) is 11.4 Å². The minimum Gasteiger partial charge on any atom is -0.477 e. The van der Waals surface area contributed by atoms with Crippen LogP contribution in [0.4, 0.5) is 0 Å². The van der Waals surface area contributed by atoms with Crippen molar-refractivity contribution in [1.82, 2.24) is 15.2 Å². The van der Waals surface area contributed by atoms with E-state index < -0.39 is 0 Å². The molecular weight excluding hydrogens is 278 g/mol. The molecule has 0 aromatic carbocycles. The second-order valence-corrected chi connectivity index (χ2v) is 6.15. The first kappa shape index (κ1) is 16.7. The molecule has 5 nitrogen and oxygen atoms in total. The first-order valence-electron chi connectivity index (χ1n) is 8.12.